The van der Waals surface area contributed by atoms with Crippen LogP contribution in [0, 0.1) is 12.8 Å². The molecule has 1 rings (SSSR count). The summed E-state index contributed by atoms with van der Waals surface area (Å²) < 4.78 is 5.18. The van der Waals surface area contributed by atoms with Crippen LogP contribution in [0.4, 0.5) is 0 Å². The van der Waals surface area contributed by atoms with Crippen LogP contribution in [0.1, 0.15) is 31.0 Å². The van der Waals surface area contributed by atoms with Crippen LogP contribution in [0.15, 0.2) is 24.3 Å². The van der Waals surface area contributed by atoms with Crippen LogP contribution in [-0.2, 0) is 4.74 Å². The van der Waals surface area contributed by atoms with Gasteiger partial charge in [0.1, 0.15) is 0 Å². The lowest BCUT2D eigenvalue weighted by Gasteiger charge is -2.27. The highest BCUT2D eigenvalue weighted by molar-refractivity contribution is 5.28. The van der Waals surface area contributed by atoms with Gasteiger partial charge in [-0.05, 0) is 24.0 Å². The number of aryl methyl sites for hydroxylation is 1. The van der Waals surface area contributed by atoms with Crippen molar-refractivity contribution >= 4 is 0 Å². The molecule has 0 spiro atoms. The first kappa shape index (κ1) is 16.2. The van der Waals surface area contributed by atoms with Gasteiger partial charge in [0, 0.05) is 32.8 Å². The minimum atomic E-state index is 0.0665. The molecule has 1 unspecified atom stereocenters. The van der Waals surface area contributed by atoms with Gasteiger partial charge in [-0.2, -0.15) is 0 Å². The minimum Gasteiger partial charge on any atom is -0.383 e. The summed E-state index contributed by atoms with van der Waals surface area (Å²) in [4.78, 5) is 2.39. The van der Waals surface area contributed by atoms with Crippen LogP contribution in [0.25, 0.3) is 0 Å². The Bertz CT molecular complexity index is 366. The van der Waals surface area contributed by atoms with Gasteiger partial charge >= 0.3 is 0 Å². The van der Waals surface area contributed by atoms with E-state index in [0.717, 1.165) is 26.2 Å². The fourth-order valence-electron chi connectivity index (χ4n) is 2.37. The molecular formula is C16H28N2O. The zero-order valence-electron chi connectivity index (χ0n) is 12.7. The Morgan fingerprint density at radius 3 is 2.47 bits per heavy atom. The first-order chi connectivity index (χ1) is 9.04. The van der Waals surface area contributed by atoms with Crippen molar-refractivity contribution in [3.05, 3.63) is 35.4 Å². The minimum absolute atomic E-state index is 0.0665. The predicted molar refractivity (Wildman–Crippen MR) is 81.3 cm³/mol. The van der Waals surface area contributed by atoms with Gasteiger partial charge in [-0.1, -0.05) is 38.1 Å². The number of benzene rings is 1. The Balaban J connectivity index is 2.64. The molecule has 1 atom stereocenters. The van der Waals surface area contributed by atoms with Crippen LogP contribution in [0.5, 0.6) is 0 Å². The summed E-state index contributed by atoms with van der Waals surface area (Å²) >= 11 is 0. The SMILES string of the molecule is COCCN(CC(C)C)CC(N)c1ccccc1C. The number of ether oxygens (including phenoxy) is 1. The van der Waals surface area contributed by atoms with E-state index in [1.165, 1.54) is 11.1 Å². The Labute approximate surface area is 117 Å². The molecule has 0 radical (unpaired) electrons. The van der Waals surface area contributed by atoms with Gasteiger partial charge < -0.3 is 10.5 Å². The van der Waals surface area contributed by atoms with Crippen LogP contribution < -0.4 is 5.73 Å². The van der Waals surface area contributed by atoms with Crippen LogP contribution in [-0.4, -0.2) is 38.3 Å². The largest absolute Gasteiger partial charge is 0.383 e. The monoisotopic (exact) mass is 264 g/mol. The van der Waals surface area contributed by atoms with Gasteiger partial charge in [-0.3, -0.25) is 4.90 Å². The van der Waals surface area contributed by atoms with E-state index in [1.54, 1.807) is 7.11 Å². The van der Waals surface area contributed by atoms with E-state index in [2.05, 4.69) is 49.9 Å². The van der Waals surface area contributed by atoms with Crippen molar-refractivity contribution in [2.45, 2.75) is 26.8 Å². The summed E-state index contributed by atoms with van der Waals surface area (Å²) in [6, 6.07) is 8.44. The molecule has 1 aromatic rings. The van der Waals surface area contributed by atoms with E-state index in [9.17, 15) is 0 Å². The molecule has 0 amide bonds. The molecule has 1 aromatic carbocycles. The Hall–Kier alpha value is -0.900. The maximum absolute atomic E-state index is 6.36. The summed E-state index contributed by atoms with van der Waals surface area (Å²) in [7, 11) is 1.74. The third-order valence-electron chi connectivity index (χ3n) is 3.28. The van der Waals surface area contributed by atoms with Gasteiger partial charge in [-0.15, -0.1) is 0 Å². The van der Waals surface area contributed by atoms with Crippen molar-refractivity contribution < 1.29 is 4.74 Å². The summed E-state index contributed by atoms with van der Waals surface area (Å²) in [6.07, 6.45) is 0. The van der Waals surface area contributed by atoms with E-state index < -0.39 is 0 Å². The molecule has 19 heavy (non-hydrogen) atoms. The fourth-order valence-corrected chi connectivity index (χ4v) is 2.37. The van der Waals surface area contributed by atoms with Crippen LogP contribution >= 0.6 is 0 Å². The molecule has 3 nitrogen and oxygen atoms in total. The fraction of sp³-hybridized carbons (Fsp3) is 0.625. The Morgan fingerprint density at radius 1 is 1.21 bits per heavy atom. The molecule has 0 fully saturated rings. The van der Waals surface area contributed by atoms with Gasteiger partial charge in [0.25, 0.3) is 0 Å². The normalized spacial score (nSPS) is 13.2. The molecule has 2 N–H and O–H groups in total. The lowest BCUT2D eigenvalue weighted by molar-refractivity contribution is 0.136. The van der Waals surface area contributed by atoms with Gasteiger partial charge in [0.05, 0.1) is 6.61 Å². The maximum atomic E-state index is 6.36. The molecular weight excluding hydrogens is 236 g/mol. The Morgan fingerprint density at radius 2 is 1.89 bits per heavy atom. The lowest BCUT2D eigenvalue weighted by atomic mass is 10.0. The summed E-state index contributed by atoms with van der Waals surface area (Å²) in [5.74, 6) is 0.640. The lowest BCUT2D eigenvalue weighted by Crippen LogP contribution is -2.37. The zero-order valence-corrected chi connectivity index (χ0v) is 12.7. The molecule has 0 saturated carbocycles. The molecule has 0 aromatic heterocycles. The molecule has 0 aliphatic carbocycles. The van der Waals surface area contributed by atoms with Crippen molar-refractivity contribution in [2.75, 3.05) is 33.4 Å². The first-order valence-corrected chi connectivity index (χ1v) is 7.07. The van der Waals surface area contributed by atoms with Crippen LogP contribution in [0.2, 0.25) is 0 Å². The molecule has 0 saturated heterocycles. The van der Waals surface area contributed by atoms with Gasteiger partial charge in [-0.25, -0.2) is 0 Å². The number of nitrogens with zero attached hydrogens (tertiary/aromatic N) is 1. The average molecular weight is 264 g/mol. The molecule has 0 heterocycles. The van der Waals surface area contributed by atoms with Crippen molar-refractivity contribution in [1.29, 1.82) is 0 Å². The summed E-state index contributed by atoms with van der Waals surface area (Å²) in [5, 5.41) is 0. The molecule has 0 bridgehead atoms. The smallest absolute Gasteiger partial charge is 0.0589 e. The predicted octanol–water partition coefficient (Wildman–Crippen LogP) is 2.60. The Kier molecular flexibility index (Phi) is 7.06. The van der Waals surface area contributed by atoms with E-state index in [0.29, 0.717) is 5.92 Å². The second-order valence-electron chi connectivity index (χ2n) is 5.61. The average Bonchev–Trinajstić information content (AvgIpc) is 2.35. The number of rotatable bonds is 8. The van der Waals surface area contributed by atoms with E-state index in [-0.39, 0.29) is 6.04 Å². The number of hydrogen-bond donors (Lipinski definition) is 1. The molecule has 108 valence electrons. The molecule has 0 aliphatic rings. The molecule has 0 aliphatic heterocycles. The van der Waals surface area contributed by atoms with Crippen molar-refractivity contribution in [1.82, 2.24) is 4.90 Å². The highest BCUT2D eigenvalue weighted by atomic mass is 16.5. The van der Waals surface area contributed by atoms with Crippen molar-refractivity contribution in [2.24, 2.45) is 11.7 Å². The highest BCUT2D eigenvalue weighted by Gasteiger charge is 2.14. The van der Waals surface area contributed by atoms with Crippen molar-refractivity contribution in [3.8, 4) is 0 Å². The first-order valence-electron chi connectivity index (χ1n) is 7.07. The standard InChI is InChI=1S/C16H28N2O/c1-13(2)11-18(9-10-19-4)12-16(17)15-8-6-5-7-14(15)3/h5-8,13,16H,9-12,17H2,1-4H3. The van der Waals surface area contributed by atoms with Crippen molar-refractivity contribution in [3.63, 3.8) is 0 Å². The third-order valence-corrected chi connectivity index (χ3v) is 3.28. The second kappa shape index (κ2) is 8.31. The summed E-state index contributed by atoms with van der Waals surface area (Å²) in [5.41, 5.74) is 8.88. The van der Waals surface area contributed by atoms with Crippen LogP contribution in [0.3, 0.4) is 0 Å². The van der Waals surface area contributed by atoms with Gasteiger partial charge in [0.2, 0.25) is 0 Å². The zero-order chi connectivity index (χ0) is 14.3. The number of nitrogens with two attached hydrogens (primary N) is 1. The van der Waals surface area contributed by atoms with E-state index in [4.69, 9.17) is 10.5 Å². The second-order valence-corrected chi connectivity index (χ2v) is 5.61. The quantitative estimate of drug-likeness (QED) is 0.784. The highest BCUT2D eigenvalue weighted by Crippen LogP contribution is 2.16. The number of hydrogen-bond acceptors (Lipinski definition) is 3. The third kappa shape index (κ3) is 5.72. The summed E-state index contributed by atoms with van der Waals surface area (Å²) in [6.45, 7) is 10.2. The van der Waals surface area contributed by atoms with E-state index in [1.807, 2.05) is 0 Å². The topological polar surface area (TPSA) is 38.5 Å². The molecule has 3 heteroatoms. The maximum Gasteiger partial charge on any atom is 0.0589 e. The number of methoxy groups -OCH3 is 1. The van der Waals surface area contributed by atoms with E-state index >= 15 is 0 Å². The van der Waals surface area contributed by atoms with Gasteiger partial charge in [0.15, 0.2) is 0 Å².